The van der Waals surface area contributed by atoms with Gasteiger partial charge >= 0.3 is 0 Å². The molecule has 0 radical (unpaired) electrons. The number of halogens is 1. The molecule has 1 aromatic rings. The standard InChI is InChI=1S/C17H23N3O2.ClH/c1-12-2-4-13(5-3-12)11-20-15(6-7-16(20)21)17(22)19-14-8-9-18-10-14;/h2-5,14-15,18H,6-11H2,1H3,(H,19,22);1H. The van der Waals surface area contributed by atoms with Crippen LogP contribution in [0.3, 0.4) is 0 Å². The molecule has 0 aromatic heterocycles. The smallest absolute Gasteiger partial charge is 0.243 e. The number of rotatable bonds is 4. The topological polar surface area (TPSA) is 61.4 Å². The second-order valence-corrected chi connectivity index (χ2v) is 6.26. The first-order valence-electron chi connectivity index (χ1n) is 7.99. The molecule has 2 unspecified atom stereocenters. The van der Waals surface area contributed by atoms with Crippen molar-refractivity contribution in [2.24, 2.45) is 0 Å². The number of nitrogens with one attached hydrogen (secondary N) is 2. The third-order valence-electron chi connectivity index (χ3n) is 4.51. The molecule has 2 atom stereocenters. The molecule has 2 aliphatic heterocycles. The number of carbonyl (C=O) groups excluding carboxylic acids is 2. The van der Waals surface area contributed by atoms with Gasteiger partial charge in [-0.15, -0.1) is 12.4 Å². The third-order valence-corrected chi connectivity index (χ3v) is 4.51. The lowest BCUT2D eigenvalue weighted by Gasteiger charge is -2.25. The van der Waals surface area contributed by atoms with Crippen molar-refractivity contribution in [3.63, 3.8) is 0 Å². The van der Waals surface area contributed by atoms with Crippen LogP contribution in [0.5, 0.6) is 0 Å². The van der Waals surface area contributed by atoms with Crippen LogP contribution < -0.4 is 10.6 Å². The van der Waals surface area contributed by atoms with Gasteiger partial charge in [-0.2, -0.15) is 0 Å². The van der Waals surface area contributed by atoms with E-state index in [4.69, 9.17) is 0 Å². The van der Waals surface area contributed by atoms with Crippen molar-refractivity contribution in [1.82, 2.24) is 15.5 Å². The highest BCUT2D eigenvalue weighted by Gasteiger charge is 2.36. The molecule has 5 nitrogen and oxygen atoms in total. The molecular formula is C17H24ClN3O2. The maximum Gasteiger partial charge on any atom is 0.243 e. The minimum Gasteiger partial charge on any atom is -0.350 e. The quantitative estimate of drug-likeness (QED) is 0.872. The highest BCUT2D eigenvalue weighted by molar-refractivity contribution is 5.91. The van der Waals surface area contributed by atoms with Crippen LogP contribution >= 0.6 is 12.4 Å². The number of benzene rings is 1. The zero-order valence-corrected chi connectivity index (χ0v) is 14.2. The Bertz CT molecular complexity index is 555. The molecular weight excluding hydrogens is 314 g/mol. The van der Waals surface area contributed by atoms with E-state index >= 15 is 0 Å². The van der Waals surface area contributed by atoms with Gasteiger partial charge in [-0.25, -0.2) is 0 Å². The summed E-state index contributed by atoms with van der Waals surface area (Å²) in [5.74, 6) is 0.0666. The summed E-state index contributed by atoms with van der Waals surface area (Å²) in [5, 5.41) is 6.31. The number of carbonyl (C=O) groups is 2. The van der Waals surface area contributed by atoms with E-state index in [9.17, 15) is 9.59 Å². The third kappa shape index (κ3) is 4.24. The highest BCUT2D eigenvalue weighted by atomic mass is 35.5. The largest absolute Gasteiger partial charge is 0.350 e. The summed E-state index contributed by atoms with van der Waals surface area (Å²) in [6.07, 6.45) is 2.05. The lowest BCUT2D eigenvalue weighted by Crippen LogP contribution is -2.48. The van der Waals surface area contributed by atoms with Crippen LogP contribution in [0.25, 0.3) is 0 Å². The van der Waals surface area contributed by atoms with Crippen LogP contribution in [-0.2, 0) is 16.1 Å². The van der Waals surface area contributed by atoms with Gasteiger partial charge in [0.25, 0.3) is 0 Å². The predicted octanol–water partition coefficient (Wildman–Crippen LogP) is 1.39. The second kappa shape index (κ2) is 7.79. The first-order chi connectivity index (χ1) is 10.6. The van der Waals surface area contributed by atoms with E-state index in [2.05, 4.69) is 10.6 Å². The Labute approximate surface area is 143 Å². The van der Waals surface area contributed by atoms with E-state index in [0.717, 1.165) is 25.1 Å². The van der Waals surface area contributed by atoms with Crippen LogP contribution in [0.4, 0.5) is 0 Å². The normalized spacial score (nSPS) is 23.7. The molecule has 2 fully saturated rings. The van der Waals surface area contributed by atoms with E-state index in [1.807, 2.05) is 31.2 Å². The van der Waals surface area contributed by atoms with Gasteiger partial charge in [-0.3, -0.25) is 9.59 Å². The molecule has 0 saturated carbocycles. The monoisotopic (exact) mass is 337 g/mol. The summed E-state index contributed by atoms with van der Waals surface area (Å²) < 4.78 is 0. The molecule has 6 heteroatoms. The molecule has 23 heavy (non-hydrogen) atoms. The molecule has 2 saturated heterocycles. The van der Waals surface area contributed by atoms with E-state index in [1.54, 1.807) is 4.90 Å². The van der Waals surface area contributed by atoms with Crippen molar-refractivity contribution >= 4 is 24.2 Å². The number of aryl methyl sites for hydroxylation is 1. The first kappa shape index (κ1) is 17.8. The minimum atomic E-state index is -0.325. The number of hydrogen-bond donors (Lipinski definition) is 2. The average molecular weight is 338 g/mol. The SMILES string of the molecule is Cc1ccc(CN2C(=O)CCC2C(=O)NC2CCNC2)cc1.Cl. The van der Waals surface area contributed by atoms with Crippen LogP contribution in [0.2, 0.25) is 0 Å². The summed E-state index contributed by atoms with van der Waals surface area (Å²) in [5.41, 5.74) is 2.26. The molecule has 0 spiro atoms. The van der Waals surface area contributed by atoms with E-state index in [1.165, 1.54) is 5.56 Å². The fraction of sp³-hybridized carbons (Fsp3) is 0.529. The van der Waals surface area contributed by atoms with Crippen molar-refractivity contribution in [1.29, 1.82) is 0 Å². The summed E-state index contributed by atoms with van der Waals surface area (Å²) in [6.45, 7) is 4.32. The molecule has 2 N–H and O–H groups in total. The van der Waals surface area contributed by atoms with Gasteiger partial charge in [0.05, 0.1) is 0 Å². The number of likely N-dealkylation sites (tertiary alicyclic amines) is 1. The van der Waals surface area contributed by atoms with Crippen molar-refractivity contribution in [3.05, 3.63) is 35.4 Å². The van der Waals surface area contributed by atoms with Crippen LogP contribution in [0.1, 0.15) is 30.4 Å². The Balaban J connectivity index is 0.00000192. The van der Waals surface area contributed by atoms with Crippen LogP contribution in [-0.4, -0.2) is 41.9 Å². The van der Waals surface area contributed by atoms with Crippen LogP contribution in [0, 0.1) is 6.92 Å². The van der Waals surface area contributed by atoms with Gasteiger partial charge in [0.2, 0.25) is 11.8 Å². The summed E-state index contributed by atoms with van der Waals surface area (Å²) in [6, 6.07) is 8.00. The molecule has 126 valence electrons. The van der Waals surface area contributed by atoms with Gasteiger partial charge in [0.1, 0.15) is 6.04 Å². The number of nitrogens with zero attached hydrogens (tertiary/aromatic N) is 1. The molecule has 2 amide bonds. The van der Waals surface area contributed by atoms with Gasteiger partial charge in [-0.05, 0) is 31.9 Å². The Kier molecular flexibility index (Phi) is 6.02. The minimum absolute atomic E-state index is 0. The van der Waals surface area contributed by atoms with E-state index in [0.29, 0.717) is 19.4 Å². The Morgan fingerprint density at radius 1 is 1.30 bits per heavy atom. The Morgan fingerprint density at radius 2 is 2.04 bits per heavy atom. The maximum absolute atomic E-state index is 12.5. The highest BCUT2D eigenvalue weighted by Crippen LogP contribution is 2.22. The lowest BCUT2D eigenvalue weighted by atomic mass is 10.1. The van der Waals surface area contributed by atoms with E-state index in [-0.39, 0.29) is 36.3 Å². The van der Waals surface area contributed by atoms with Crippen LogP contribution in [0.15, 0.2) is 24.3 Å². The van der Waals surface area contributed by atoms with Gasteiger partial charge in [0.15, 0.2) is 0 Å². The predicted molar refractivity (Wildman–Crippen MR) is 91.4 cm³/mol. The Morgan fingerprint density at radius 3 is 2.70 bits per heavy atom. The van der Waals surface area contributed by atoms with Crippen molar-refractivity contribution in [2.45, 2.75) is 44.8 Å². The van der Waals surface area contributed by atoms with Gasteiger partial charge in [-0.1, -0.05) is 29.8 Å². The lowest BCUT2D eigenvalue weighted by molar-refractivity contribution is -0.136. The second-order valence-electron chi connectivity index (χ2n) is 6.26. The van der Waals surface area contributed by atoms with Crippen molar-refractivity contribution in [2.75, 3.05) is 13.1 Å². The zero-order valence-electron chi connectivity index (χ0n) is 13.4. The summed E-state index contributed by atoms with van der Waals surface area (Å²) in [7, 11) is 0. The molecule has 1 aromatic carbocycles. The molecule has 0 aliphatic carbocycles. The molecule has 0 bridgehead atoms. The fourth-order valence-electron chi connectivity index (χ4n) is 3.17. The van der Waals surface area contributed by atoms with Gasteiger partial charge < -0.3 is 15.5 Å². The first-order valence-corrected chi connectivity index (χ1v) is 7.99. The molecule has 2 aliphatic rings. The zero-order chi connectivity index (χ0) is 15.5. The van der Waals surface area contributed by atoms with E-state index < -0.39 is 0 Å². The Hall–Kier alpha value is -1.59. The summed E-state index contributed by atoms with van der Waals surface area (Å²) in [4.78, 5) is 26.3. The number of hydrogen-bond acceptors (Lipinski definition) is 3. The molecule has 2 heterocycles. The number of amides is 2. The summed E-state index contributed by atoms with van der Waals surface area (Å²) >= 11 is 0. The van der Waals surface area contributed by atoms with Crippen molar-refractivity contribution in [3.8, 4) is 0 Å². The van der Waals surface area contributed by atoms with Crippen molar-refractivity contribution < 1.29 is 9.59 Å². The fourth-order valence-corrected chi connectivity index (χ4v) is 3.17. The van der Waals surface area contributed by atoms with Gasteiger partial charge in [0, 0.05) is 25.6 Å². The molecule has 3 rings (SSSR count). The average Bonchev–Trinajstić information content (AvgIpc) is 3.12. The maximum atomic E-state index is 12.5.